The predicted octanol–water partition coefficient (Wildman–Crippen LogP) is 17.0. The highest BCUT2D eigenvalue weighted by atomic mass is 15.1. The number of hydrogen-bond donors (Lipinski definition) is 0. The Bertz CT molecular complexity index is 3320. The number of nitrogens with zero attached hydrogens (tertiary/aromatic N) is 1. The second-order valence-corrected chi connectivity index (χ2v) is 15.7. The maximum absolute atomic E-state index is 2.42. The second-order valence-electron chi connectivity index (χ2n) is 15.7. The van der Waals surface area contributed by atoms with E-state index in [4.69, 9.17) is 0 Å². The van der Waals surface area contributed by atoms with Crippen LogP contribution in [-0.2, 0) is 0 Å². The zero-order valence-electron chi connectivity index (χ0n) is 33.6. The van der Waals surface area contributed by atoms with E-state index < -0.39 is 0 Å². The summed E-state index contributed by atoms with van der Waals surface area (Å²) in [7, 11) is 0. The molecule has 0 aliphatic rings. The molecular weight excluding hydrogens is 735 g/mol. The Morgan fingerprint density at radius 1 is 0.197 bits per heavy atom. The Balaban J connectivity index is 1.07. The average molecular weight is 776 g/mol. The monoisotopic (exact) mass is 775 g/mol. The second kappa shape index (κ2) is 15.6. The van der Waals surface area contributed by atoms with Gasteiger partial charge in [-0.15, -0.1) is 0 Å². The molecule has 0 amide bonds. The van der Waals surface area contributed by atoms with Gasteiger partial charge in [-0.3, -0.25) is 0 Å². The van der Waals surface area contributed by atoms with E-state index in [1.165, 1.54) is 88.0 Å². The average Bonchev–Trinajstić information content (AvgIpc) is 3.35. The molecule has 0 N–H and O–H groups in total. The Labute approximate surface area is 357 Å². The third kappa shape index (κ3) is 6.73. The predicted molar refractivity (Wildman–Crippen MR) is 261 cm³/mol. The minimum Gasteiger partial charge on any atom is -0.310 e. The van der Waals surface area contributed by atoms with Crippen LogP contribution in [0.5, 0.6) is 0 Å². The molecule has 0 spiro atoms. The molecule has 11 aromatic rings. The van der Waals surface area contributed by atoms with Crippen LogP contribution in [0.2, 0.25) is 0 Å². The van der Waals surface area contributed by atoms with Gasteiger partial charge in [-0.25, -0.2) is 0 Å². The highest BCUT2D eigenvalue weighted by molar-refractivity contribution is 6.21. The van der Waals surface area contributed by atoms with Crippen molar-refractivity contribution in [1.29, 1.82) is 0 Å². The van der Waals surface area contributed by atoms with E-state index in [2.05, 4.69) is 254 Å². The molecule has 0 radical (unpaired) electrons. The highest BCUT2D eigenvalue weighted by Gasteiger charge is 2.19. The topological polar surface area (TPSA) is 3.24 Å². The van der Waals surface area contributed by atoms with E-state index in [1.807, 2.05) is 0 Å². The third-order valence-electron chi connectivity index (χ3n) is 12.1. The molecule has 0 saturated heterocycles. The normalized spacial score (nSPS) is 11.3. The molecule has 286 valence electrons. The first kappa shape index (κ1) is 36.1. The van der Waals surface area contributed by atoms with Crippen molar-refractivity contribution in [2.24, 2.45) is 0 Å². The van der Waals surface area contributed by atoms with Gasteiger partial charge in [-0.2, -0.15) is 0 Å². The van der Waals surface area contributed by atoms with Crippen LogP contribution >= 0.6 is 0 Å². The molecular formula is C60H41N. The minimum absolute atomic E-state index is 1.09. The first-order valence-electron chi connectivity index (χ1n) is 21.0. The van der Waals surface area contributed by atoms with E-state index in [0.717, 1.165) is 17.1 Å². The summed E-state index contributed by atoms with van der Waals surface area (Å²) < 4.78 is 0. The fraction of sp³-hybridized carbons (Fsp3) is 0. The van der Waals surface area contributed by atoms with Gasteiger partial charge in [0.25, 0.3) is 0 Å². The lowest BCUT2D eigenvalue weighted by Gasteiger charge is -2.27. The molecule has 0 fully saturated rings. The van der Waals surface area contributed by atoms with Gasteiger partial charge in [0.2, 0.25) is 0 Å². The van der Waals surface area contributed by atoms with Crippen molar-refractivity contribution in [2.45, 2.75) is 0 Å². The van der Waals surface area contributed by atoms with Crippen molar-refractivity contribution in [3.8, 4) is 55.6 Å². The molecule has 1 nitrogen and oxygen atoms in total. The van der Waals surface area contributed by atoms with Crippen LogP contribution in [0.3, 0.4) is 0 Å². The Morgan fingerprint density at radius 3 is 1.36 bits per heavy atom. The smallest absolute Gasteiger partial charge is 0.0468 e. The van der Waals surface area contributed by atoms with E-state index in [0.29, 0.717) is 0 Å². The summed E-state index contributed by atoms with van der Waals surface area (Å²) in [4.78, 5) is 2.38. The first-order valence-corrected chi connectivity index (χ1v) is 21.0. The summed E-state index contributed by atoms with van der Waals surface area (Å²) >= 11 is 0. The lowest BCUT2D eigenvalue weighted by molar-refractivity contribution is 1.28. The third-order valence-corrected chi connectivity index (χ3v) is 12.1. The zero-order chi connectivity index (χ0) is 40.5. The van der Waals surface area contributed by atoms with Gasteiger partial charge in [0, 0.05) is 17.1 Å². The van der Waals surface area contributed by atoms with Crippen LogP contribution in [0, 0.1) is 0 Å². The van der Waals surface area contributed by atoms with Gasteiger partial charge in [0.1, 0.15) is 0 Å². The molecule has 0 heterocycles. The molecule has 0 aliphatic carbocycles. The summed E-state index contributed by atoms with van der Waals surface area (Å²) in [6, 6.07) is 90.4. The van der Waals surface area contributed by atoms with Crippen molar-refractivity contribution in [1.82, 2.24) is 0 Å². The number of benzene rings is 11. The largest absolute Gasteiger partial charge is 0.310 e. The van der Waals surface area contributed by atoms with E-state index in [1.54, 1.807) is 0 Å². The van der Waals surface area contributed by atoms with Gasteiger partial charge < -0.3 is 4.90 Å². The maximum atomic E-state index is 2.42. The van der Waals surface area contributed by atoms with E-state index in [9.17, 15) is 0 Å². The molecule has 0 saturated carbocycles. The number of rotatable bonds is 8. The summed E-state index contributed by atoms with van der Waals surface area (Å²) in [6.07, 6.45) is 0. The molecule has 0 aromatic heterocycles. The van der Waals surface area contributed by atoms with Crippen LogP contribution in [0.1, 0.15) is 0 Å². The lowest BCUT2D eigenvalue weighted by atomic mass is 9.87. The Hall–Kier alpha value is -8.00. The Kier molecular flexibility index (Phi) is 9.26. The number of anilines is 3. The standard InChI is InChI=1S/C60H41N/c1-5-17-42(18-6-1)47-32-36-52(57(39-47)43-19-7-2-8-20-43)46-29-33-49(34-30-46)61(48-24-11-4-12-25-48)50-35-38-56(58(40-50)44-21-9-3-10-22-44)60-41-59-51-26-14-13-23-45(51)31-37-55(59)53-27-15-16-28-54(53)60/h1-41H. The molecule has 0 atom stereocenters. The van der Waals surface area contributed by atoms with Crippen LogP contribution in [0.4, 0.5) is 17.1 Å². The van der Waals surface area contributed by atoms with E-state index >= 15 is 0 Å². The van der Waals surface area contributed by atoms with Gasteiger partial charge in [0.15, 0.2) is 0 Å². The highest BCUT2D eigenvalue weighted by Crippen LogP contribution is 2.45. The van der Waals surface area contributed by atoms with Crippen LogP contribution < -0.4 is 4.90 Å². The van der Waals surface area contributed by atoms with Gasteiger partial charge in [-0.05, 0) is 136 Å². The van der Waals surface area contributed by atoms with Crippen LogP contribution in [-0.4, -0.2) is 0 Å². The summed E-state index contributed by atoms with van der Waals surface area (Å²) in [5.41, 5.74) is 15.3. The molecule has 61 heavy (non-hydrogen) atoms. The molecule has 0 aliphatic heterocycles. The fourth-order valence-electron chi connectivity index (χ4n) is 9.12. The molecule has 1 heteroatoms. The van der Waals surface area contributed by atoms with Crippen molar-refractivity contribution < 1.29 is 0 Å². The summed E-state index contributed by atoms with van der Waals surface area (Å²) in [5.74, 6) is 0. The van der Waals surface area contributed by atoms with Crippen molar-refractivity contribution in [2.75, 3.05) is 4.90 Å². The van der Waals surface area contributed by atoms with Crippen molar-refractivity contribution >= 4 is 49.4 Å². The fourth-order valence-corrected chi connectivity index (χ4v) is 9.12. The Morgan fingerprint density at radius 2 is 0.672 bits per heavy atom. The number of fused-ring (bicyclic) bond motifs is 5. The first-order chi connectivity index (χ1) is 30.3. The zero-order valence-corrected chi connectivity index (χ0v) is 33.6. The van der Waals surface area contributed by atoms with Gasteiger partial charge in [-0.1, -0.05) is 200 Å². The summed E-state index contributed by atoms with van der Waals surface area (Å²) in [5, 5.41) is 7.58. The molecule has 0 unspecified atom stereocenters. The number of hydrogen-bond acceptors (Lipinski definition) is 1. The summed E-state index contributed by atoms with van der Waals surface area (Å²) in [6.45, 7) is 0. The van der Waals surface area contributed by atoms with E-state index in [-0.39, 0.29) is 0 Å². The van der Waals surface area contributed by atoms with Crippen LogP contribution in [0.25, 0.3) is 88.0 Å². The SMILES string of the molecule is c1ccc(-c2ccc(-c3ccc(N(c4ccccc4)c4ccc(-c5cc6c7ccccc7ccc6c6ccccc56)c(-c5ccccc5)c4)cc3)c(-c3ccccc3)c2)cc1. The molecule has 11 aromatic carbocycles. The maximum Gasteiger partial charge on any atom is 0.0468 e. The van der Waals surface area contributed by atoms with Crippen LogP contribution in [0.15, 0.2) is 249 Å². The molecule has 0 bridgehead atoms. The number of para-hydroxylation sites is 1. The minimum atomic E-state index is 1.09. The van der Waals surface area contributed by atoms with Crippen molar-refractivity contribution in [3.05, 3.63) is 249 Å². The molecule has 11 rings (SSSR count). The van der Waals surface area contributed by atoms with Crippen molar-refractivity contribution in [3.63, 3.8) is 0 Å². The quantitative estimate of drug-likeness (QED) is 0.139. The van der Waals surface area contributed by atoms with Gasteiger partial charge >= 0.3 is 0 Å². The van der Waals surface area contributed by atoms with Gasteiger partial charge in [0.05, 0.1) is 0 Å². The lowest BCUT2D eigenvalue weighted by Crippen LogP contribution is -2.10.